The van der Waals surface area contributed by atoms with Gasteiger partial charge in [-0.2, -0.15) is 0 Å². The molecule has 1 amide bonds. The lowest BCUT2D eigenvalue weighted by Crippen LogP contribution is -2.52. The molecule has 156 valence electrons. The van der Waals surface area contributed by atoms with Crippen molar-refractivity contribution in [3.63, 3.8) is 0 Å². The molecule has 2 atom stereocenters. The van der Waals surface area contributed by atoms with E-state index in [0.29, 0.717) is 26.1 Å². The summed E-state index contributed by atoms with van der Waals surface area (Å²) in [6, 6.07) is 12.5. The molecule has 1 aliphatic heterocycles. The number of benzene rings is 2. The Labute approximate surface area is 169 Å². The molecular weight excluding hydrogens is 398 g/mol. The van der Waals surface area contributed by atoms with Crippen LogP contribution in [0.15, 0.2) is 48.5 Å². The van der Waals surface area contributed by atoms with Crippen LogP contribution in [0.1, 0.15) is 28.3 Å². The molecule has 1 aliphatic rings. The third kappa shape index (κ3) is 5.61. The number of carbonyl (C=O) groups is 1. The molecule has 5 nitrogen and oxygen atoms in total. The third-order valence-corrected chi connectivity index (χ3v) is 6.13. The molecule has 29 heavy (non-hydrogen) atoms. The molecule has 1 heterocycles. The standard InChI is InChI=1S/C21H24F2N2O3S/c1-29(27,28)13-12-25-11-10-16(15-6-3-2-4-7-15)19(14-25)24-21(26)20-17(22)8-5-9-18(20)23/h2-9,16,19H,10-14H2,1H3,(H,24,26)/t16-,19-/m0/s1. The first-order chi connectivity index (χ1) is 13.7. The summed E-state index contributed by atoms with van der Waals surface area (Å²) < 4.78 is 51.1. The van der Waals surface area contributed by atoms with Gasteiger partial charge in [0.05, 0.1) is 5.75 Å². The number of nitrogens with zero attached hydrogens (tertiary/aromatic N) is 1. The van der Waals surface area contributed by atoms with Gasteiger partial charge in [0, 0.05) is 31.3 Å². The van der Waals surface area contributed by atoms with Crippen LogP contribution in [-0.4, -0.2) is 56.9 Å². The van der Waals surface area contributed by atoms with Gasteiger partial charge in [0.15, 0.2) is 0 Å². The van der Waals surface area contributed by atoms with Crippen LogP contribution in [0.3, 0.4) is 0 Å². The van der Waals surface area contributed by atoms with E-state index in [0.717, 1.165) is 17.7 Å². The molecule has 0 aromatic heterocycles. The van der Waals surface area contributed by atoms with Crippen LogP contribution < -0.4 is 5.32 Å². The second kappa shape index (κ2) is 9.00. The zero-order valence-electron chi connectivity index (χ0n) is 16.1. The topological polar surface area (TPSA) is 66.5 Å². The van der Waals surface area contributed by atoms with E-state index in [9.17, 15) is 22.0 Å². The molecule has 2 aromatic carbocycles. The summed E-state index contributed by atoms with van der Waals surface area (Å²) in [5.41, 5.74) is 0.419. The Hall–Kier alpha value is -2.32. The van der Waals surface area contributed by atoms with Crippen molar-refractivity contribution >= 4 is 15.7 Å². The minimum atomic E-state index is -3.11. The van der Waals surface area contributed by atoms with E-state index in [1.54, 1.807) is 0 Å². The highest BCUT2D eigenvalue weighted by molar-refractivity contribution is 7.90. The van der Waals surface area contributed by atoms with Crippen LogP contribution in [0.5, 0.6) is 0 Å². The zero-order chi connectivity index (χ0) is 21.0. The highest BCUT2D eigenvalue weighted by atomic mass is 32.2. The van der Waals surface area contributed by atoms with E-state index >= 15 is 0 Å². The SMILES string of the molecule is CS(=O)(=O)CCN1CC[C@@H](c2ccccc2)[C@@H](NC(=O)c2c(F)cccc2F)C1. The monoisotopic (exact) mass is 422 g/mol. The lowest BCUT2D eigenvalue weighted by molar-refractivity contribution is 0.0882. The van der Waals surface area contributed by atoms with Gasteiger partial charge >= 0.3 is 0 Å². The van der Waals surface area contributed by atoms with Crippen molar-refractivity contribution in [1.29, 1.82) is 0 Å². The molecular formula is C21H24F2N2O3S. The molecule has 1 N–H and O–H groups in total. The lowest BCUT2D eigenvalue weighted by Gasteiger charge is -2.39. The van der Waals surface area contributed by atoms with Crippen molar-refractivity contribution in [1.82, 2.24) is 10.2 Å². The summed E-state index contributed by atoms with van der Waals surface area (Å²) in [5.74, 6) is -2.65. The molecule has 0 saturated carbocycles. The van der Waals surface area contributed by atoms with Gasteiger partial charge in [-0.1, -0.05) is 36.4 Å². The number of likely N-dealkylation sites (tertiary alicyclic amines) is 1. The molecule has 1 saturated heterocycles. The molecule has 3 rings (SSSR count). The maximum atomic E-state index is 14.0. The lowest BCUT2D eigenvalue weighted by atomic mass is 9.85. The normalized spacial score (nSPS) is 20.4. The number of nitrogens with one attached hydrogen (secondary N) is 1. The first-order valence-corrected chi connectivity index (χ1v) is 11.5. The molecule has 0 unspecified atom stereocenters. The van der Waals surface area contributed by atoms with Crippen LogP contribution in [-0.2, 0) is 9.84 Å². The summed E-state index contributed by atoms with van der Waals surface area (Å²) in [4.78, 5) is 14.6. The van der Waals surface area contributed by atoms with Gasteiger partial charge in [-0.15, -0.1) is 0 Å². The van der Waals surface area contributed by atoms with E-state index in [2.05, 4.69) is 5.32 Å². The summed E-state index contributed by atoms with van der Waals surface area (Å²) in [6.07, 6.45) is 1.88. The van der Waals surface area contributed by atoms with Gasteiger partial charge in [0.2, 0.25) is 0 Å². The van der Waals surface area contributed by atoms with E-state index < -0.39 is 39.0 Å². The molecule has 1 fully saturated rings. The van der Waals surface area contributed by atoms with Crippen LogP contribution in [0.25, 0.3) is 0 Å². The fraction of sp³-hybridized carbons (Fsp3) is 0.381. The first kappa shape index (κ1) is 21.4. The second-order valence-corrected chi connectivity index (χ2v) is 9.67. The predicted octanol–water partition coefficient (Wildman–Crippen LogP) is 2.60. The Morgan fingerprint density at radius 1 is 1.10 bits per heavy atom. The van der Waals surface area contributed by atoms with Gasteiger partial charge in [-0.25, -0.2) is 17.2 Å². The number of piperidine rings is 1. The summed E-state index contributed by atoms with van der Waals surface area (Å²) >= 11 is 0. The third-order valence-electron chi connectivity index (χ3n) is 5.21. The fourth-order valence-corrected chi connectivity index (χ4v) is 4.31. The number of rotatable bonds is 6. The molecule has 0 radical (unpaired) electrons. The molecule has 0 aliphatic carbocycles. The minimum absolute atomic E-state index is 0.0195. The van der Waals surface area contributed by atoms with Crippen LogP contribution in [0.4, 0.5) is 8.78 Å². The van der Waals surface area contributed by atoms with Crippen LogP contribution >= 0.6 is 0 Å². The van der Waals surface area contributed by atoms with Gasteiger partial charge < -0.3 is 10.2 Å². The Morgan fingerprint density at radius 2 is 1.76 bits per heavy atom. The van der Waals surface area contributed by atoms with Crippen molar-refractivity contribution in [2.45, 2.75) is 18.4 Å². The van der Waals surface area contributed by atoms with Gasteiger partial charge in [0.1, 0.15) is 27.0 Å². The van der Waals surface area contributed by atoms with Crippen molar-refractivity contribution in [3.8, 4) is 0 Å². The number of hydrogen-bond donors (Lipinski definition) is 1. The van der Waals surface area contributed by atoms with E-state index in [1.165, 1.54) is 12.3 Å². The first-order valence-electron chi connectivity index (χ1n) is 9.44. The highest BCUT2D eigenvalue weighted by Crippen LogP contribution is 2.29. The zero-order valence-corrected chi connectivity index (χ0v) is 17.0. The number of hydrogen-bond acceptors (Lipinski definition) is 4. The smallest absolute Gasteiger partial charge is 0.257 e. The number of amides is 1. The minimum Gasteiger partial charge on any atom is -0.347 e. The Bertz CT molecular complexity index is 947. The van der Waals surface area contributed by atoms with Gasteiger partial charge in [0.25, 0.3) is 5.91 Å². The maximum absolute atomic E-state index is 14.0. The van der Waals surface area contributed by atoms with Crippen molar-refractivity contribution in [2.24, 2.45) is 0 Å². The Morgan fingerprint density at radius 3 is 2.38 bits per heavy atom. The number of halogens is 2. The summed E-state index contributed by atoms with van der Waals surface area (Å²) in [5, 5.41) is 2.78. The summed E-state index contributed by atoms with van der Waals surface area (Å²) in [7, 11) is -3.11. The maximum Gasteiger partial charge on any atom is 0.257 e. The summed E-state index contributed by atoms with van der Waals surface area (Å²) in [6.45, 7) is 1.42. The quantitative estimate of drug-likeness (QED) is 0.777. The fourth-order valence-electron chi connectivity index (χ4n) is 3.72. The van der Waals surface area contributed by atoms with Crippen molar-refractivity contribution in [2.75, 3.05) is 31.6 Å². The second-order valence-electron chi connectivity index (χ2n) is 7.41. The van der Waals surface area contributed by atoms with E-state index in [1.807, 2.05) is 35.2 Å². The molecule has 0 spiro atoms. The van der Waals surface area contributed by atoms with Crippen molar-refractivity contribution < 1.29 is 22.0 Å². The average Bonchev–Trinajstić information content (AvgIpc) is 2.66. The van der Waals surface area contributed by atoms with Crippen LogP contribution in [0.2, 0.25) is 0 Å². The number of carbonyl (C=O) groups excluding carboxylic acids is 1. The van der Waals surface area contributed by atoms with Crippen LogP contribution in [0, 0.1) is 11.6 Å². The predicted molar refractivity (Wildman–Crippen MR) is 108 cm³/mol. The average molecular weight is 422 g/mol. The van der Waals surface area contributed by atoms with E-state index in [4.69, 9.17) is 0 Å². The van der Waals surface area contributed by atoms with Gasteiger partial charge in [-0.3, -0.25) is 4.79 Å². The van der Waals surface area contributed by atoms with Gasteiger partial charge in [-0.05, 0) is 30.7 Å². The Kier molecular flexibility index (Phi) is 6.64. The molecule has 2 aromatic rings. The molecule has 0 bridgehead atoms. The largest absolute Gasteiger partial charge is 0.347 e. The highest BCUT2D eigenvalue weighted by Gasteiger charge is 2.32. The van der Waals surface area contributed by atoms with E-state index in [-0.39, 0.29) is 11.7 Å². The Balaban J connectivity index is 1.81. The molecule has 8 heteroatoms. The number of sulfone groups is 1. The van der Waals surface area contributed by atoms with Crippen molar-refractivity contribution in [3.05, 3.63) is 71.3 Å².